The number of nitrogens with zero attached hydrogens (tertiary/aromatic N) is 4. The number of aromatic nitrogens is 3. The molecule has 1 amide bonds. The summed E-state index contributed by atoms with van der Waals surface area (Å²) in [6, 6.07) is 4.14. The Morgan fingerprint density at radius 3 is 2.50 bits per heavy atom. The molecule has 5 N–H and O–H groups in total. The number of pyridine rings is 1. The summed E-state index contributed by atoms with van der Waals surface area (Å²) in [7, 11) is 0. The maximum Gasteiger partial charge on any atom is 0.271 e. The normalized spacial score (nSPS) is 21.2. The van der Waals surface area contributed by atoms with Gasteiger partial charge >= 0.3 is 0 Å². The zero-order valence-corrected chi connectivity index (χ0v) is 18.7. The minimum absolute atomic E-state index is 0.117. The van der Waals surface area contributed by atoms with Gasteiger partial charge in [-0.05, 0) is 63.5 Å². The van der Waals surface area contributed by atoms with Gasteiger partial charge in [-0.2, -0.15) is 0 Å². The maximum atomic E-state index is 12.1. The molecule has 2 aromatic heterocycles. The summed E-state index contributed by atoms with van der Waals surface area (Å²) >= 11 is 0. The lowest BCUT2D eigenvalue weighted by molar-refractivity contribution is 0.0996. The van der Waals surface area contributed by atoms with Gasteiger partial charge in [0.05, 0.1) is 23.7 Å². The zero-order chi connectivity index (χ0) is 22.5. The van der Waals surface area contributed by atoms with Crippen molar-refractivity contribution < 1.29 is 9.90 Å². The molecule has 0 atom stereocenters. The molecule has 2 aliphatic rings. The number of hydrogen-bond donors (Lipinski definition) is 4. The van der Waals surface area contributed by atoms with E-state index >= 15 is 0 Å². The minimum atomic E-state index is -0.625. The number of primary amides is 1. The third-order valence-electron chi connectivity index (χ3n) is 6.26. The number of piperidine rings is 1. The molecule has 9 nitrogen and oxygen atoms in total. The fourth-order valence-corrected chi connectivity index (χ4v) is 4.41. The van der Waals surface area contributed by atoms with Gasteiger partial charge in [-0.1, -0.05) is 6.92 Å². The van der Waals surface area contributed by atoms with E-state index in [0.29, 0.717) is 23.8 Å². The van der Waals surface area contributed by atoms with Gasteiger partial charge in [-0.15, -0.1) is 0 Å². The summed E-state index contributed by atoms with van der Waals surface area (Å²) in [4.78, 5) is 28.2. The standard InChI is InChI=1S/C23H33N7O2/c1-2-18-22(26-15-6-9-17(31)10-7-15)29-23(20(28-18)21(24)32)27-16-8-11-19(25-14-16)30-12-4-3-5-13-30/h8,11,14-15,17,31H,2-7,9-10,12-13H2,1H3,(H2,24,32)(H2,26,27,29)/t15-,17-. The second kappa shape index (κ2) is 10.1. The summed E-state index contributed by atoms with van der Waals surface area (Å²) < 4.78 is 0. The molecule has 0 radical (unpaired) electrons. The topological polar surface area (TPSA) is 129 Å². The predicted octanol–water partition coefficient (Wildman–Crippen LogP) is 2.98. The number of aliphatic hydroxyl groups is 1. The molecular weight excluding hydrogens is 406 g/mol. The summed E-state index contributed by atoms with van der Waals surface area (Å²) in [5.74, 6) is 1.31. The molecule has 1 saturated heterocycles. The molecule has 0 spiro atoms. The van der Waals surface area contributed by atoms with E-state index in [1.807, 2.05) is 19.1 Å². The van der Waals surface area contributed by atoms with E-state index in [1.165, 1.54) is 19.3 Å². The van der Waals surface area contributed by atoms with Crippen LogP contribution in [0.1, 0.15) is 68.1 Å². The number of nitrogens with one attached hydrogen (secondary N) is 2. The Labute approximate surface area is 188 Å². The van der Waals surface area contributed by atoms with Crippen molar-refractivity contribution in [2.75, 3.05) is 28.6 Å². The fraction of sp³-hybridized carbons (Fsp3) is 0.565. The number of carbonyl (C=O) groups excluding carboxylic acids is 1. The van der Waals surface area contributed by atoms with Crippen molar-refractivity contribution in [3.8, 4) is 0 Å². The third-order valence-corrected chi connectivity index (χ3v) is 6.26. The van der Waals surface area contributed by atoms with E-state index in [1.54, 1.807) is 6.20 Å². The molecule has 32 heavy (non-hydrogen) atoms. The highest BCUT2D eigenvalue weighted by Crippen LogP contribution is 2.27. The highest BCUT2D eigenvalue weighted by molar-refractivity contribution is 5.96. The lowest BCUT2D eigenvalue weighted by Gasteiger charge is -2.28. The van der Waals surface area contributed by atoms with Crippen molar-refractivity contribution in [2.45, 2.75) is 70.4 Å². The van der Waals surface area contributed by atoms with Crippen LogP contribution in [0.15, 0.2) is 18.3 Å². The quantitative estimate of drug-likeness (QED) is 0.518. The Morgan fingerprint density at radius 2 is 1.88 bits per heavy atom. The monoisotopic (exact) mass is 439 g/mol. The first-order valence-corrected chi connectivity index (χ1v) is 11.7. The molecule has 2 fully saturated rings. The smallest absolute Gasteiger partial charge is 0.271 e. The number of carbonyl (C=O) groups is 1. The molecule has 1 saturated carbocycles. The van der Waals surface area contributed by atoms with Crippen LogP contribution in [-0.4, -0.2) is 51.2 Å². The lowest BCUT2D eigenvalue weighted by atomic mass is 9.93. The van der Waals surface area contributed by atoms with Crippen LogP contribution in [0.5, 0.6) is 0 Å². The molecule has 3 heterocycles. The summed E-state index contributed by atoms with van der Waals surface area (Å²) in [5, 5.41) is 16.4. The van der Waals surface area contributed by atoms with Crippen LogP contribution in [0.4, 0.5) is 23.1 Å². The van der Waals surface area contributed by atoms with Gasteiger partial charge in [0.25, 0.3) is 5.91 Å². The molecule has 1 aliphatic carbocycles. The van der Waals surface area contributed by atoms with Crippen LogP contribution < -0.4 is 21.3 Å². The number of amides is 1. The maximum absolute atomic E-state index is 12.1. The van der Waals surface area contributed by atoms with Crippen molar-refractivity contribution in [3.05, 3.63) is 29.7 Å². The van der Waals surface area contributed by atoms with Gasteiger partial charge in [-0.3, -0.25) is 4.79 Å². The van der Waals surface area contributed by atoms with E-state index in [-0.39, 0.29) is 17.8 Å². The van der Waals surface area contributed by atoms with Gasteiger partial charge in [0.15, 0.2) is 11.5 Å². The lowest BCUT2D eigenvalue weighted by Crippen LogP contribution is -2.30. The molecule has 0 unspecified atom stereocenters. The Kier molecular flexibility index (Phi) is 7.04. The van der Waals surface area contributed by atoms with Crippen LogP contribution >= 0.6 is 0 Å². The summed E-state index contributed by atoms with van der Waals surface area (Å²) in [5.41, 5.74) is 7.15. The molecule has 2 aromatic rings. The van der Waals surface area contributed by atoms with E-state index in [0.717, 1.165) is 50.3 Å². The van der Waals surface area contributed by atoms with Crippen molar-refractivity contribution in [1.82, 2.24) is 15.0 Å². The number of anilines is 4. The number of hydrogen-bond acceptors (Lipinski definition) is 8. The number of nitrogens with two attached hydrogens (primary N) is 1. The Balaban J connectivity index is 1.55. The van der Waals surface area contributed by atoms with Crippen LogP contribution in [0.3, 0.4) is 0 Å². The minimum Gasteiger partial charge on any atom is -0.393 e. The van der Waals surface area contributed by atoms with Crippen molar-refractivity contribution >= 4 is 29.0 Å². The van der Waals surface area contributed by atoms with E-state index in [2.05, 4.69) is 25.5 Å². The SMILES string of the molecule is CCc1nc(C(N)=O)c(Nc2ccc(N3CCCCC3)nc2)nc1N[C@H]1CC[C@H](O)CC1. The number of aryl methyl sites for hydroxylation is 1. The largest absolute Gasteiger partial charge is 0.393 e. The molecule has 172 valence electrons. The van der Waals surface area contributed by atoms with Crippen LogP contribution in [0, 0.1) is 0 Å². The van der Waals surface area contributed by atoms with Gasteiger partial charge in [0.2, 0.25) is 0 Å². The Bertz CT molecular complexity index is 921. The predicted molar refractivity (Wildman–Crippen MR) is 125 cm³/mol. The van der Waals surface area contributed by atoms with Gasteiger partial charge in [0.1, 0.15) is 11.6 Å². The molecule has 4 rings (SSSR count). The summed E-state index contributed by atoms with van der Waals surface area (Å²) in [6.07, 6.45) is 9.09. The average molecular weight is 440 g/mol. The fourth-order valence-electron chi connectivity index (χ4n) is 4.41. The van der Waals surface area contributed by atoms with Crippen molar-refractivity contribution in [3.63, 3.8) is 0 Å². The van der Waals surface area contributed by atoms with Gasteiger partial charge in [0, 0.05) is 19.1 Å². The average Bonchev–Trinajstić information content (AvgIpc) is 2.81. The Hall–Kier alpha value is -2.94. The number of aliphatic hydroxyl groups excluding tert-OH is 1. The van der Waals surface area contributed by atoms with E-state index < -0.39 is 5.91 Å². The summed E-state index contributed by atoms with van der Waals surface area (Å²) in [6.45, 7) is 4.03. The highest BCUT2D eigenvalue weighted by Gasteiger charge is 2.23. The highest BCUT2D eigenvalue weighted by atomic mass is 16.3. The molecule has 0 bridgehead atoms. The molecular formula is C23H33N7O2. The van der Waals surface area contributed by atoms with E-state index in [9.17, 15) is 9.90 Å². The van der Waals surface area contributed by atoms with Crippen molar-refractivity contribution in [2.24, 2.45) is 5.73 Å². The first kappa shape index (κ1) is 22.3. The van der Waals surface area contributed by atoms with Crippen LogP contribution in [0.25, 0.3) is 0 Å². The Morgan fingerprint density at radius 1 is 1.12 bits per heavy atom. The zero-order valence-electron chi connectivity index (χ0n) is 18.7. The van der Waals surface area contributed by atoms with Gasteiger partial charge in [-0.25, -0.2) is 15.0 Å². The van der Waals surface area contributed by atoms with E-state index in [4.69, 9.17) is 10.7 Å². The second-order valence-electron chi connectivity index (χ2n) is 8.66. The first-order valence-electron chi connectivity index (χ1n) is 11.7. The van der Waals surface area contributed by atoms with Gasteiger partial charge < -0.3 is 26.4 Å². The third kappa shape index (κ3) is 5.27. The van der Waals surface area contributed by atoms with Crippen LogP contribution in [0.2, 0.25) is 0 Å². The second-order valence-corrected chi connectivity index (χ2v) is 8.66. The van der Waals surface area contributed by atoms with Crippen LogP contribution in [-0.2, 0) is 6.42 Å². The number of rotatable bonds is 7. The molecule has 0 aromatic carbocycles. The van der Waals surface area contributed by atoms with Crippen molar-refractivity contribution in [1.29, 1.82) is 0 Å². The molecule has 1 aliphatic heterocycles. The first-order chi connectivity index (χ1) is 15.5. The molecule has 9 heteroatoms.